The van der Waals surface area contributed by atoms with Gasteiger partial charge in [0.15, 0.2) is 5.78 Å². The number of carbonyl (C=O) groups excluding carboxylic acids is 4. The smallest absolute Gasteiger partial charge is 0.511 e. The van der Waals surface area contributed by atoms with E-state index in [0.717, 1.165) is 47.7 Å². The molecule has 2 heterocycles. The molecule has 4 rings (SSSR count). The number of halogens is 3. The molecule has 330 valence electrons. The minimum atomic E-state index is -6.04. The Morgan fingerprint density at radius 2 is 1.45 bits per heavy atom. The number of nitrogens with one attached hydrogen (secondary N) is 1. The number of rotatable bonds is 12. The minimum absolute atomic E-state index is 0.0214. The maximum Gasteiger partial charge on any atom is 0.524 e. The van der Waals surface area contributed by atoms with Crippen LogP contribution >= 0.6 is 23.1 Å². The molecule has 0 unspecified atom stereocenters. The van der Waals surface area contributed by atoms with Gasteiger partial charge in [-0.05, 0) is 56.2 Å². The first-order chi connectivity index (χ1) is 27.8. The molecule has 1 saturated heterocycles. The third-order valence-corrected chi connectivity index (χ3v) is 11.3. The highest BCUT2D eigenvalue weighted by molar-refractivity contribution is 8.16. The molecule has 3 aromatic rings. The van der Waals surface area contributed by atoms with Gasteiger partial charge in [-0.25, -0.2) is 14.4 Å². The Balaban J connectivity index is 0.000000329. The summed E-state index contributed by atoms with van der Waals surface area (Å²) in [6.07, 6.45) is 2.06. The van der Waals surface area contributed by atoms with Gasteiger partial charge in [-0.3, -0.25) is 10.1 Å². The number of esters is 1. The van der Waals surface area contributed by atoms with E-state index in [-0.39, 0.29) is 47.4 Å². The minimum Gasteiger partial charge on any atom is -0.511 e. The number of nitrogens with zero attached hydrogens (tertiary/aromatic N) is 1. The van der Waals surface area contributed by atoms with Crippen molar-refractivity contribution in [1.29, 1.82) is 0 Å². The third kappa shape index (κ3) is 18.7. The number of carbonyl (C=O) groups is 4. The van der Waals surface area contributed by atoms with Gasteiger partial charge >= 0.3 is 33.8 Å². The van der Waals surface area contributed by atoms with E-state index in [2.05, 4.69) is 20.9 Å². The van der Waals surface area contributed by atoms with Gasteiger partial charge in [0.1, 0.15) is 34.6 Å². The second kappa shape index (κ2) is 23.3. The number of thioether (sulfide) groups is 1. The normalized spacial score (nSPS) is 14.6. The van der Waals surface area contributed by atoms with Gasteiger partial charge in [-0.2, -0.15) is 35.0 Å². The van der Waals surface area contributed by atoms with Gasteiger partial charge < -0.3 is 19.3 Å². The summed E-state index contributed by atoms with van der Waals surface area (Å²) in [4.78, 5) is 52.0. The maximum absolute atomic E-state index is 12.3. The molecule has 2 amide bonds. The van der Waals surface area contributed by atoms with Crippen LogP contribution < -0.4 is 5.32 Å². The number of allylic oxidation sites excluding steroid dienone is 1. The number of alkyl halides is 3. The molecule has 15 nitrogen and oxygen atoms in total. The van der Waals surface area contributed by atoms with Crippen LogP contribution in [0.25, 0.3) is 0 Å². The molecule has 0 aliphatic carbocycles. The number of aliphatic imine (C=N–C) groups is 1. The van der Waals surface area contributed by atoms with Crippen molar-refractivity contribution in [1.82, 2.24) is 0 Å². The van der Waals surface area contributed by atoms with Crippen molar-refractivity contribution >= 4 is 77.3 Å². The molecule has 0 radical (unpaired) electrons. The summed E-state index contributed by atoms with van der Waals surface area (Å²) in [5, 5.41) is 15.3. The zero-order valence-corrected chi connectivity index (χ0v) is 36.6. The van der Waals surface area contributed by atoms with E-state index < -0.39 is 49.5 Å². The Labute approximate surface area is 354 Å². The fourth-order valence-electron chi connectivity index (χ4n) is 4.44. The van der Waals surface area contributed by atoms with E-state index in [9.17, 15) is 54.3 Å². The zero-order chi connectivity index (χ0) is 45.3. The summed E-state index contributed by atoms with van der Waals surface area (Å²) in [7, 11) is -10.7. The van der Waals surface area contributed by atoms with Gasteiger partial charge in [-0.1, -0.05) is 92.2 Å². The number of anilines is 1. The number of aliphatic hydroxyl groups is 1. The molecule has 0 atom stereocenters. The lowest BCUT2D eigenvalue weighted by atomic mass is 10.1. The molecule has 0 saturated carbocycles. The van der Waals surface area contributed by atoms with E-state index in [1.165, 1.54) is 11.3 Å². The third-order valence-electron chi connectivity index (χ3n) is 7.04. The van der Waals surface area contributed by atoms with Crippen LogP contribution in [-0.4, -0.2) is 74.0 Å². The van der Waals surface area contributed by atoms with Crippen LogP contribution in [0, 0.1) is 6.92 Å². The van der Waals surface area contributed by atoms with E-state index in [4.69, 9.17) is 14.2 Å². The van der Waals surface area contributed by atoms with Gasteiger partial charge in [0.25, 0.3) is 10.1 Å². The maximum atomic E-state index is 12.3. The molecule has 2 aromatic carbocycles. The molecule has 1 aliphatic rings. The first kappa shape index (κ1) is 51.4. The van der Waals surface area contributed by atoms with Crippen molar-refractivity contribution in [3.05, 3.63) is 99.6 Å². The Hall–Kier alpha value is -4.77. The number of hydrogen-bond donors (Lipinski definition) is 2. The van der Waals surface area contributed by atoms with Crippen LogP contribution in [0.3, 0.4) is 0 Å². The summed E-state index contributed by atoms with van der Waals surface area (Å²) < 4.78 is 92.5. The van der Waals surface area contributed by atoms with Gasteiger partial charge in [-0.15, -0.1) is 15.0 Å². The highest BCUT2D eigenvalue weighted by Gasteiger charge is 2.49. The number of aliphatic hydroxyl groups excluding tert-OH is 1. The lowest BCUT2D eigenvalue weighted by molar-refractivity contribution is -0.112. The van der Waals surface area contributed by atoms with Crippen LogP contribution in [-0.2, 0) is 56.1 Å². The van der Waals surface area contributed by atoms with Gasteiger partial charge in [0, 0.05) is 6.42 Å². The Morgan fingerprint density at radius 1 is 0.900 bits per heavy atom. The Kier molecular flexibility index (Phi) is 19.9. The molecule has 1 aromatic heterocycles. The molecule has 22 heteroatoms. The predicted molar refractivity (Wildman–Crippen MR) is 221 cm³/mol. The number of hydrogen-bond acceptors (Lipinski definition) is 15. The molecule has 60 heavy (non-hydrogen) atoms. The van der Waals surface area contributed by atoms with Crippen molar-refractivity contribution in [2.24, 2.45) is 4.99 Å². The van der Waals surface area contributed by atoms with Gasteiger partial charge in [0.2, 0.25) is 0 Å². The lowest BCUT2D eigenvalue weighted by Crippen LogP contribution is -2.27. The monoisotopic (exact) mass is 922 g/mol. The molecule has 1 fully saturated rings. The van der Waals surface area contributed by atoms with Crippen LogP contribution in [0.5, 0.6) is 0 Å². The first-order valence-corrected chi connectivity index (χ1v) is 22.8. The van der Waals surface area contributed by atoms with Gasteiger partial charge in [0.05, 0.1) is 23.1 Å². The number of Topliss-reactive ketones (excluding diaryl/α,β-unsaturated/α-hetero) is 1. The summed E-state index contributed by atoms with van der Waals surface area (Å²) in [6.45, 7) is 9.55. The SMILES string of the molecule is CCCCCC(O)=C1C(=O)CSC1=NC(=O)OCc1ccccc1.CS(=O)(=O)OS(=O)(=O)C(F)(F)F.Cc1csc(NC(=O)OCc2ccccc2)c1C(=O)OC(C)(C)C. The largest absolute Gasteiger partial charge is 0.524 e. The standard InChI is InChI=1S/2C18H21NO4S.C2H3F3O5S2/c1-12-11-24-15(14(12)16(20)23-18(2,3)4)19-17(21)22-10-13-8-6-5-7-9-13;1-2-3-5-10-14(20)16-15(21)12-24-17(16)19-18(22)23-11-13-8-6-4-7-9-13;1-11(6,7)10-12(8,9)2(3,4)5/h5-9,11H,10H2,1-4H3,(H,19,21);4,6-9,20H,2-3,5,10-12H2,1H3;1H3. The number of ether oxygens (including phenoxy) is 3. The van der Waals surface area contributed by atoms with Crippen molar-refractivity contribution in [3.8, 4) is 0 Å². The van der Waals surface area contributed by atoms with Crippen LogP contribution in [0.1, 0.15) is 80.4 Å². The molecule has 0 spiro atoms. The first-order valence-electron chi connectivity index (χ1n) is 17.7. The van der Waals surface area contributed by atoms with Crippen LogP contribution in [0.2, 0.25) is 0 Å². The second-order valence-corrected chi connectivity index (χ2v) is 18.6. The highest BCUT2D eigenvalue weighted by Crippen LogP contribution is 2.31. The van der Waals surface area contributed by atoms with Crippen molar-refractivity contribution < 1.29 is 72.1 Å². The fraction of sp³-hybridized carbons (Fsp3) is 0.395. The average molecular weight is 923 g/mol. The Morgan fingerprint density at radius 3 is 1.93 bits per heavy atom. The molecule has 2 N–H and O–H groups in total. The van der Waals surface area contributed by atoms with Crippen LogP contribution in [0.15, 0.2) is 82.4 Å². The topological polar surface area (TPSA) is 218 Å². The van der Waals surface area contributed by atoms with Crippen LogP contribution in [0.4, 0.5) is 27.8 Å². The van der Waals surface area contributed by atoms with E-state index in [1.54, 1.807) is 33.1 Å². The summed E-state index contributed by atoms with van der Waals surface area (Å²) in [5.74, 6) is -0.436. The fourth-order valence-corrected chi connectivity index (χ4v) is 7.90. The van der Waals surface area contributed by atoms with Crippen molar-refractivity contribution in [2.45, 2.75) is 84.6 Å². The quantitative estimate of drug-likeness (QED) is 0.0433. The van der Waals surface area contributed by atoms with E-state index in [1.807, 2.05) is 60.7 Å². The number of benzene rings is 2. The number of unbranched alkanes of at least 4 members (excludes halogenated alkanes) is 2. The predicted octanol–water partition coefficient (Wildman–Crippen LogP) is 9.00. The zero-order valence-electron chi connectivity index (χ0n) is 33.4. The van der Waals surface area contributed by atoms with E-state index >= 15 is 0 Å². The number of ketones is 1. The number of thiophene rings is 1. The molecule has 0 bridgehead atoms. The lowest BCUT2D eigenvalue weighted by Gasteiger charge is -2.20. The molecular weight excluding hydrogens is 878 g/mol. The molecular formula is C38H45F3N2O13S4. The van der Waals surface area contributed by atoms with Crippen molar-refractivity contribution in [3.63, 3.8) is 0 Å². The molecule has 1 aliphatic heterocycles. The summed E-state index contributed by atoms with van der Waals surface area (Å²) in [6, 6.07) is 18.7. The average Bonchev–Trinajstić information content (AvgIpc) is 3.69. The number of amides is 2. The summed E-state index contributed by atoms with van der Waals surface area (Å²) >= 11 is 2.43. The summed E-state index contributed by atoms with van der Waals surface area (Å²) in [5.41, 5.74) is -3.28. The van der Waals surface area contributed by atoms with Crippen molar-refractivity contribution in [2.75, 3.05) is 17.3 Å². The highest BCUT2D eigenvalue weighted by atomic mass is 32.3. The Bertz CT molecular complexity index is 2220. The second-order valence-electron chi connectivity index (χ2n) is 13.4. The van der Waals surface area contributed by atoms with E-state index in [0.29, 0.717) is 17.0 Å². The number of aryl methyl sites for hydroxylation is 1.